The number of benzene rings is 1. The van der Waals surface area contributed by atoms with Gasteiger partial charge in [0, 0.05) is 37.6 Å². The molecular weight excluding hydrogens is 340 g/mol. The summed E-state index contributed by atoms with van der Waals surface area (Å²) in [7, 11) is 0. The summed E-state index contributed by atoms with van der Waals surface area (Å²) in [5.74, 6) is 0.400. The molecule has 2 N–H and O–H groups in total. The second-order valence-electron chi connectivity index (χ2n) is 6.86. The normalized spacial score (nSPS) is 17.0. The molecule has 1 saturated heterocycles. The number of carbonyl (C=O) groups excluding carboxylic acids is 1. The molecule has 7 nitrogen and oxygen atoms in total. The van der Waals surface area contributed by atoms with E-state index in [9.17, 15) is 4.79 Å². The Kier molecular flexibility index (Phi) is 5.29. The highest BCUT2D eigenvalue weighted by molar-refractivity contribution is 5.75. The van der Waals surface area contributed by atoms with Crippen LogP contribution in [0.2, 0.25) is 0 Å². The Bertz CT molecular complexity index is 880. The van der Waals surface area contributed by atoms with Gasteiger partial charge in [-0.2, -0.15) is 5.10 Å². The van der Waals surface area contributed by atoms with Crippen LogP contribution >= 0.6 is 0 Å². The van der Waals surface area contributed by atoms with Gasteiger partial charge in [-0.15, -0.1) is 0 Å². The third-order valence-electron chi connectivity index (χ3n) is 4.93. The quantitative estimate of drug-likeness (QED) is 0.700. The molecule has 27 heavy (non-hydrogen) atoms. The first kappa shape index (κ1) is 17.5. The van der Waals surface area contributed by atoms with Gasteiger partial charge in [-0.1, -0.05) is 18.2 Å². The third kappa shape index (κ3) is 4.25. The first-order valence-corrected chi connectivity index (χ1v) is 9.36. The summed E-state index contributed by atoms with van der Waals surface area (Å²) < 4.78 is 3.67. The second-order valence-corrected chi connectivity index (χ2v) is 6.86. The van der Waals surface area contributed by atoms with Gasteiger partial charge in [0.05, 0.1) is 17.7 Å². The predicted molar refractivity (Wildman–Crippen MR) is 102 cm³/mol. The Morgan fingerprint density at radius 2 is 2.19 bits per heavy atom. The van der Waals surface area contributed by atoms with Crippen LogP contribution in [0.1, 0.15) is 30.0 Å². The zero-order valence-corrected chi connectivity index (χ0v) is 15.2. The summed E-state index contributed by atoms with van der Waals surface area (Å²) in [5, 5.41) is 11.0. The van der Waals surface area contributed by atoms with E-state index in [-0.39, 0.29) is 12.5 Å². The van der Waals surface area contributed by atoms with Crippen LogP contribution in [-0.2, 0) is 17.9 Å². The Hall–Kier alpha value is -2.93. The van der Waals surface area contributed by atoms with Crippen LogP contribution in [0.25, 0.3) is 5.69 Å². The van der Waals surface area contributed by atoms with Crippen LogP contribution in [0.3, 0.4) is 0 Å². The molecule has 7 heteroatoms. The van der Waals surface area contributed by atoms with E-state index in [2.05, 4.69) is 20.7 Å². The number of aromatic nitrogens is 4. The third-order valence-corrected chi connectivity index (χ3v) is 4.93. The molecule has 0 unspecified atom stereocenters. The van der Waals surface area contributed by atoms with Crippen molar-refractivity contribution in [2.24, 2.45) is 0 Å². The van der Waals surface area contributed by atoms with Gasteiger partial charge in [0.25, 0.3) is 0 Å². The molecule has 4 rings (SSSR count). The first-order chi connectivity index (χ1) is 13.3. The van der Waals surface area contributed by atoms with Crippen molar-refractivity contribution >= 4 is 5.91 Å². The topological polar surface area (TPSA) is 76.8 Å². The molecule has 140 valence electrons. The van der Waals surface area contributed by atoms with E-state index >= 15 is 0 Å². The van der Waals surface area contributed by atoms with Crippen molar-refractivity contribution in [3.8, 4) is 5.69 Å². The van der Waals surface area contributed by atoms with Gasteiger partial charge in [0.15, 0.2) is 0 Å². The monoisotopic (exact) mass is 364 g/mol. The fourth-order valence-electron chi connectivity index (χ4n) is 3.50. The highest BCUT2D eigenvalue weighted by Gasteiger charge is 2.18. The molecule has 3 aromatic rings. The Morgan fingerprint density at radius 1 is 1.26 bits per heavy atom. The number of hydrogen-bond donors (Lipinski definition) is 2. The molecule has 0 bridgehead atoms. The molecule has 0 saturated carbocycles. The van der Waals surface area contributed by atoms with Crippen LogP contribution in [0.15, 0.2) is 55.2 Å². The number of amides is 1. The molecule has 1 aromatic carbocycles. The molecule has 1 aliphatic heterocycles. The molecule has 1 aliphatic rings. The van der Waals surface area contributed by atoms with Crippen molar-refractivity contribution in [2.45, 2.75) is 31.8 Å². The number of imidazole rings is 1. The van der Waals surface area contributed by atoms with Crippen LogP contribution in [-0.4, -0.2) is 38.3 Å². The standard InChI is InChI=1S/C20H24N6O/c27-20(14-26-10-7-18(24-26)16-5-3-8-21-12-16)23-13-17-4-1-2-6-19(17)25-11-9-22-15-25/h1-2,4,6-7,9-11,15-16,21H,3,5,8,12-14H2,(H,23,27)/t16-/m0/s1. The lowest BCUT2D eigenvalue weighted by Crippen LogP contribution is -2.29. The fourth-order valence-corrected chi connectivity index (χ4v) is 3.50. The largest absolute Gasteiger partial charge is 0.350 e. The number of piperidine rings is 1. The van der Waals surface area contributed by atoms with E-state index in [0.717, 1.165) is 36.5 Å². The highest BCUT2D eigenvalue weighted by Crippen LogP contribution is 2.21. The minimum absolute atomic E-state index is 0.0492. The van der Waals surface area contributed by atoms with E-state index < -0.39 is 0 Å². The molecule has 2 aromatic heterocycles. The molecule has 0 radical (unpaired) electrons. The molecule has 1 atom stereocenters. The fraction of sp³-hybridized carbons (Fsp3) is 0.350. The van der Waals surface area contributed by atoms with Gasteiger partial charge >= 0.3 is 0 Å². The minimum atomic E-state index is -0.0492. The molecule has 3 heterocycles. The average Bonchev–Trinajstić information content (AvgIpc) is 3.40. The smallest absolute Gasteiger partial charge is 0.241 e. The SMILES string of the molecule is O=C(Cn1ccc([C@H]2CCCNC2)n1)NCc1ccccc1-n1ccnc1. The van der Waals surface area contributed by atoms with E-state index in [1.54, 1.807) is 17.2 Å². The van der Waals surface area contributed by atoms with Crippen LogP contribution in [0, 0.1) is 0 Å². The van der Waals surface area contributed by atoms with Gasteiger partial charge in [0.1, 0.15) is 6.54 Å². The van der Waals surface area contributed by atoms with E-state index in [4.69, 9.17) is 0 Å². The summed E-state index contributed by atoms with van der Waals surface area (Å²) in [5.41, 5.74) is 3.13. The summed E-state index contributed by atoms with van der Waals surface area (Å²) in [4.78, 5) is 16.5. The first-order valence-electron chi connectivity index (χ1n) is 9.36. The van der Waals surface area contributed by atoms with Crippen molar-refractivity contribution in [2.75, 3.05) is 13.1 Å². The zero-order chi connectivity index (χ0) is 18.5. The maximum absolute atomic E-state index is 12.4. The summed E-state index contributed by atoms with van der Waals surface area (Å²) >= 11 is 0. The molecule has 0 spiro atoms. The van der Waals surface area contributed by atoms with Crippen molar-refractivity contribution in [1.82, 2.24) is 30.0 Å². The van der Waals surface area contributed by atoms with Gasteiger partial charge in [-0.05, 0) is 37.1 Å². The Labute approximate surface area is 158 Å². The Balaban J connectivity index is 1.35. The van der Waals surface area contributed by atoms with E-state index in [1.165, 1.54) is 6.42 Å². The van der Waals surface area contributed by atoms with Crippen molar-refractivity contribution in [3.05, 3.63) is 66.5 Å². The van der Waals surface area contributed by atoms with Gasteiger partial charge < -0.3 is 15.2 Å². The van der Waals surface area contributed by atoms with Crippen molar-refractivity contribution < 1.29 is 4.79 Å². The maximum Gasteiger partial charge on any atom is 0.241 e. The number of rotatable bonds is 6. The van der Waals surface area contributed by atoms with Crippen molar-refractivity contribution in [1.29, 1.82) is 0 Å². The van der Waals surface area contributed by atoms with Crippen LogP contribution < -0.4 is 10.6 Å². The van der Waals surface area contributed by atoms with E-state index in [1.807, 2.05) is 47.3 Å². The summed E-state index contributed by atoms with van der Waals surface area (Å²) in [6.07, 6.45) is 9.61. The molecule has 0 aliphatic carbocycles. The van der Waals surface area contributed by atoms with Gasteiger partial charge in [0.2, 0.25) is 5.91 Å². The van der Waals surface area contributed by atoms with Crippen LogP contribution in [0.4, 0.5) is 0 Å². The second kappa shape index (κ2) is 8.18. The van der Waals surface area contributed by atoms with E-state index in [0.29, 0.717) is 12.5 Å². The van der Waals surface area contributed by atoms with Crippen molar-refractivity contribution in [3.63, 3.8) is 0 Å². The lowest BCUT2D eigenvalue weighted by molar-refractivity contribution is -0.122. The highest BCUT2D eigenvalue weighted by atomic mass is 16.2. The Morgan fingerprint density at radius 3 is 3.00 bits per heavy atom. The predicted octanol–water partition coefficient (Wildman–Crippen LogP) is 1.85. The summed E-state index contributed by atoms with van der Waals surface area (Å²) in [6, 6.07) is 10.0. The average molecular weight is 364 g/mol. The maximum atomic E-state index is 12.4. The number of hydrogen-bond acceptors (Lipinski definition) is 4. The zero-order valence-electron chi connectivity index (χ0n) is 15.2. The lowest BCUT2D eigenvalue weighted by Gasteiger charge is -2.20. The molecule has 1 amide bonds. The van der Waals surface area contributed by atoms with Gasteiger partial charge in [-0.3, -0.25) is 9.48 Å². The number of nitrogens with one attached hydrogen (secondary N) is 2. The van der Waals surface area contributed by atoms with Crippen LogP contribution in [0.5, 0.6) is 0 Å². The summed E-state index contributed by atoms with van der Waals surface area (Å²) in [6.45, 7) is 2.75. The lowest BCUT2D eigenvalue weighted by atomic mass is 9.97. The number of carbonyl (C=O) groups is 1. The molecular formula is C20H24N6O. The van der Waals surface area contributed by atoms with Gasteiger partial charge in [-0.25, -0.2) is 4.98 Å². The molecule has 1 fully saturated rings. The number of para-hydroxylation sites is 1. The number of nitrogens with zero attached hydrogens (tertiary/aromatic N) is 4. The minimum Gasteiger partial charge on any atom is -0.350 e.